The van der Waals surface area contributed by atoms with Crippen molar-refractivity contribution < 1.29 is 13.2 Å². The van der Waals surface area contributed by atoms with Gasteiger partial charge in [-0.15, -0.1) is 11.8 Å². The summed E-state index contributed by atoms with van der Waals surface area (Å²) in [6.07, 6.45) is -3.69. The van der Waals surface area contributed by atoms with Crippen LogP contribution in [-0.4, -0.2) is 35.3 Å². The highest BCUT2D eigenvalue weighted by molar-refractivity contribution is 8.06. The van der Waals surface area contributed by atoms with E-state index in [-0.39, 0.29) is 6.54 Å². The Hall–Kier alpha value is 0.100. The number of alkyl halides is 3. The van der Waals surface area contributed by atoms with E-state index in [4.69, 9.17) is 0 Å². The minimum Gasteiger partial charge on any atom is -0.290 e. The minimum absolute atomic E-state index is 0.223. The molecule has 12 heavy (non-hydrogen) atoms. The van der Waals surface area contributed by atoms with Gasteiger partial charge in [-0.2, -0.15) is 13.2 Å². The fraction of sp³-hybridized carbons (Fsp3) is 1.00. The van der Waals surface area contributed by atoms with Crippen molar-refractivity contribution in [3.05, 3.63) is 0 Å². The van der Waals surface area contributed by atoms with Crippen LogP contribution >= 0.6 is 11.8 Å². The normalized spacial score (nSPS) is 37.2. The first-order chi connectivity index (χ1) is 5.57. The number of hydrogen-bond donors (Lipinski definition) is 0. The topological polar surface area (TPSA) is 3.24 Å². The van der Waals surface area contributed by atoms with Crippen LogP contribution in [0.2, 0.25) is 0 Å². The van der Waals surface area contributed by atoms with Crippen molar-refractivity contribution in [1.82, 2.24) is 4.90 Å². The highest BCUT2D eigenvalue weighted by atomic mass is 32.2. The third-order valence-electron chi connectivity index (χ3n) is 2.41. The van der Waals surface area contributed by atoms with Crippen LogP contribution in [0.15, 0.2) is 0 Å². The van der Waals surface area contributed by atoms with E-state index in [9.17, 15) is 13.2 Å². The lowest BCUT2D eigenvalue weighted by Crippen LogP contribution is -2.28. The van der Waals surface area contributed by atoms with Crippen molar-refractivity contribution in [3.8, 4) is 0 Å². The molecule has 0 spiro atoms. The average molecular weight is 197 g/mol. The summed E-state index contributed by atoms with van der Waals surface area (Å²) < 4.78 is 36.6. The average Bonchev–Trinajstić information content (AvgIpc) is 2.66. The molecule has 0 amide bonds. The number of rotatable bonds is 1. The van der Waals surface area contributed by atoms with Gasteiger partial charge in [-0.3, -0.25) is 4.90 Å². The first-order valence-corrected chi connectivity index (χ1v) is 5.04. The third kappa shape index (κ3) is 1.71. The number of likely N-dealkylation sites (tertiary alicyclic amines) is 1. The molecule has 2 heterocycles. The molecule has 1 nitrogen and oxygen atoms in total. The second kappa shape index (κ2) is 2.80. The molecule has 70 valence electrons. The van der Waals surface area contributed by atoms with E-state index < -0.39 is 12.1 Å². The monoisotopic (exact) mass is 197 g/mol. The molecule has 0 saturated carbocycles. The summed E-state index contributed by atoms with van der Waals surface area (Å²) in [5, 5.41) is 0.400. The standard InChI is InChI=1S/C7H10F3NS/c8-7(9,10)5-1-2-11(3-5)6-4-12-6/h5-6H,1-4H2. The molecule has 0 bridgehead atoms. The maximum Gasteiger partial charge on any atom is 0.393 e. The summed E-state index contributed by atoms with van der Waals surface area (Å²) >= 11 is 1.74. The van der Waals surface area contributed by atoms with Gasteiger partial charge in [0.25, 0.3) is 0 Å². The van der Waals surface area contributed by atoms with Crippen LogP contribution in [-0.2, 0) is 0 Å². The van der Waals surface area contributed by atoms with E-state index in [1.165, 1.54) is 0 Å². The van der Waals surface area contributed by atoms with Gasteiger partial charge in [0, 0.05) is 12.3 Å². The van der Waals surface area contributed by atoms with Gasteiger partial charge in [0.05, 0.1) is 11.3 Å². The highest BCUT2D eigenvalue weighted by Gasteiger charge is 2.46. The molecule has 0 aromatic carbocycles. The Labute approximate surface area is 73.3 Å². The molecule has 0 aromatic rings. The third-order valence-corrected chi connectivity index (χ3v) is 3.34. The van der Waals surface area contributed by atoms with E-state index in [1.54, 1.807) is 11.8 Å². The zero-order valence-corrected chi connectivity index (χ0v) is 7.29. The van der Waals surface area contributed by atoms with Crippen molar-refractivity contribution in [3.63, 3.8) is 0 Å². The fourth-order valence-corrected chi connectivity index (χ4v) is 2.27. The molecule has 2 aliphatic heterocycles. The van der Waals surface area contributed by atoms with Gasteiger partial charge in [-0.05, 0) is 13.0 Å². The number of halogens is 3. The van der Waals surface area contributed by atoms with Gasteiger partial charge < -0.3 is 0 Å². The van der Waals surface area contributed by atoms with Crippen molar-refractivity contribution in [2.75, 3.05) is 18.8 Å². The first kappa shape index (κ1) is 8.69. The molecular formula is C7H10F3NS. The number of hydrogen-bond acceptors (Lipinski definition) is 2. The largest absolute Gasteiger partial charge is 0.393 e. The van der Waals surface area contributed by atoms with Crippen LogP contribution in [0, 0.1) is 5.92 Å². The Morgan fingerprint density at radius 1 is 1.33 bits per heavy atom. The molecule has 2 aliphatic rings. The van der Waals surface area contributed by atoms with Gasteiger partial charge in [0.2, 0.25) is 0 Å². The molecule has 2 atom stereocenters. The molecule has 2 rings (SSSR count). The Morgan fingerprint density at radius 3 is 2.42 bits per heavy atom. The van der Waals surface area contributed by atoms with Gasteiger partial charge in [-0.25, -0.2) is 0 Å². The maximum atomic E-state index is 12.2. The summed E-state index contributed by atoms with van der Waals surface area (Å²) in [4.78, 5) is 1.95. The maximum absolute atomic E-state index is 12.2. The van der Waals surface area contributed by atoms with E-state index in [2.05, 4.69) is 0 Å². The minimum atomic E-state index is -3.98. The van der Waals surface area contributed by atoms with E-state index in [0.29, 0.717) is 18.3 Å². The molecule has 2 saturated heterocycles. The van der Waals surface area contributed by atoms with Crippen LogP contribution in [0.4, 0.5) is 13.2 Å². The van der Waals surface area contributed by atoms with Crippen LogP contribution in [0.3, 0.4) is 0 Å². The molecule has 2 unspecified atom stereocenters. The van der Waals surface area contributed by atoms with Gasteiger partial charge >= 0.3 is 6.18 Å². The predicted octanol–water partition coefficient (Wildman–Crippen LogP) is 1.94. The summed E-state index contributed by atoms with van der Waals surface area (Å²) in [5.41, 5.74) is 0. The number of nitrogens with zero attached hydrogens (tertiary/aromatic N) is 1. The Morgan fingerprint density at radius 2 is 2.00 bits per heavy atom. The first-order valence-electron chi connectivity index (χ1n) is 4.00. The molecule has 5 heteroatoms. The van der Waals surface area contributed by atoms with Gasteiger partial charge in [0.15, 0.2) is 0 Å². The summed E-state index contributed by atoms with van der Waals surface area (Å²) in [6.45, 7) is 0.850. The predicted molar refractivity (Wildman–Crippen MR) is 42.0 cm³/mol. The van der Waals surface area contributed by atoms with Crippen LogP contribution in [0.1, 0.15) is 6.42 Å². The second-order valence-corrected chi connectivity index (χ2v) is 4.52. The quantitative estimate of drug-likeness (QED) is 0.591. The zero-order valence-electron chi connectivity index (χ0n) is 6.47. The van der Waals surface area contributed by atoms with E-state index in [0.717, 1.165) is 5.75 Å². The van der Waals surface area contributed by atoms with Crippen molar-refractivity contribution in [1.29, 1.82) is 0 Å². The lowest BCUT2D eigenvalue weighted by Gasteiger charge is -2.15. The van der Waals surface area contributed by atoms with Crippen LogP contribution < -0.4 is 0 Å². The molecule has 0 aromatic heterocycles. The lowest BCUT2D eigenvalue weighted by atomic mass is 10.1. The van der Waals surface area contributed by atoms with Gasteiger partial charge in [0.1, 0.15) is 0 Å². The highest BCUT2D eigenvalue weighted by Crippen LogP contribution is 2.40. The molecule has 0 radical (unpaired) electrons. The van der Waals surface area contributed by atoms with E-state index in [1.807, 2.05) is 4.90 Å². The van der Waals surface area contributed by atoms with Crippen molar-refractivity contribution in [2.45, 2.75) is 18.0 Å². The summed E-state index contributed by atoms with van der Waals surface area (Å²) in [7, 11) is 0. The van der Waals surface area contributed by atoms with Gasteiger partial charge in [-0.1, -0.05) is 0 Å². The second-order valence-electron chi connectivity index (χ2n) is 3.31. The fourth-order valence-electron chi connectivity index (χ4n) is 1.57. The zero-order chi connectivity index (χ0) is 8.77. The SMILES string of the molecule is FC(F)(F)C1CCN(C2CS2)C1. The lowest BCUT2D eigenvalue weighted by molar-refractivity contribution is -0.170. The van der Waals surface area contributed by atoms with Crippen molar-refractivity contribution in [2.24, 2.45) is 5.92 Å². The summed E-state index contributed by atoms with van der Waals surface area (Å²) in [5.74, 6) is -0.0522. The Bertz CT molecular complexity index is 178. The van der Waals surface area contributed by atoms with Crippen LogP contribution in [0.25, 0.3) is 0 Å². The molecule has 2 fully saturated rings. The summed E-state index contributed by atoms with van der Waals surface area (Å²) in [6, 6.07) is 0. The smallest absolute Gasteiger partial charge is 0.290 e. The molecular weight excluding hydrogens is 187 g/mol. The van der Waals surface area contributed by atoms with Crippen molar-refractivity contribution >= 4 is 11.8 Å². The Kier molecular flexibility index (Phi) is 2.03. The van der Waals surface area contributed by atoms with Crippen LogP contribution in [0.5, 0.6) is 0 Å². The molecule has 0 aliphatic carbocycles. The number of thioether (sulfide) groups is 1. The molecule has 0 N–H and O–H groups in total. The van der Waals surface area contributed by atoms with E-state index >= 15 is 0 Å². The Balaban J connectivity index is 1.88.